The van der Waals surface area contributed by atoms with Crippen LogP contribution in [0.4, 0.5) is 0 Å². The maximum Gasteiger partial charge on any atom is 0.100 e. The van der Waals surface area contributed by atoms with E-state index in [-0.39, 0.29) is 5.60 Å². The van der Waals surface area contributed by atoms with Gasteiger partial charge in [-0.1, -0.05) is 26.7 Å². The summed E-state index contributed by atoms with van der Waals surface area (Å²) in [5.74, 6) is 0. The van der Waals surface area contributed by atoms with Crippen molar-refractivity contribution in [1.29, 1.82) is 0 Å². The molecule has 0 aliphatic rings. The molecule has 0 bridgehead atoms. The molecule has 0 fully saturated rings. The summed E-state index contributed by atoms with van der Waals surface area (Å²) < 4.78 is 0. The Morgan fingerprint density at radius 3 is 2.30 bits per heavy atom. The van der Waals surface area contributed by atoms with Gasteiger partial charge in [-0.15, -0.1) is 0 Å². The van der Waals surface area contributed by atoms with Crippen molar-refractivity contribution < 1.29 is 10.1 Å². The highest BCUT2D eigenvalue weighted by Crippen LogP contribution is 2.20. The summed E-state index contributed by atoms with van der Waals surface area (Å²) in [5, 5.41) is 8.51. The highest BCUT2D eigenvalue weighted by atomic mass is 17.1. The summed E-state index contributed by atoms with van der Waals surface area (Å²) in [6, 6.07) is 0. The van der Waals surface area contributed by atoms with Crippen molar-refractivity contribution >= 4 is 0 Å². The number of unbranched alkanes of at least 4 members (excludes halogenated alkanes) is 1. The van der Waals surface area contributed by atoms with E-state index in [1.54, 1.807) is 0 Å². The fourth-order valence-corrected chi connectivity index (χ4v) is 0.838. The second-order valence-corrected chi connectivity index (χ2v) is 3.00. The minimum Gasteiger partial charge on any atom is -0.251 e. The Labute approximate surface area is 63.1 Å². The Bertz CT molecular complexity index is 77.3. The maximum absolute atomic E-state index is 8.51. The van der Waals surface area contributed by atoms with Crippen molar-refractivity contribution in [2.24, 2.45) is 0 Å². The van der Waals surface area contributed by atoms with Crippen LogP contribution in [0.5, 0.6) is 0 Å². The van der Waals surface area contributed by atoms with Crippen molar-refractivity contribution in [2.75, 3.05) is 0 Å². The van der Waals surface area contributed by atoms with Crippen LogP contribution in [0.3, 0.4) is 0 Å². The van der Waals surface area contributed by atoms with Gasteiger partial charge in [0, 0.05) is 0 Å². The van der Waals surface area contributed by atoms with Gasteiger partial charge >= 0.3 is 0 Å². The normalized spacial score (nSPS) is 16.8. The van der Waals surface area contributed by atoms with Crippen LogP contribution < -0.4 is 0 Å². The lowest BCUT2D eigenvalue weighted by Crippen LogP contribution is -2.25. The van der Waals surface area contributed by atoms with Crippen molar-refractivity contribution in [1.82, 2.24) is 0 Å². The van der Waals surface area contributed by atoms with Crippen molar-refractivity contribution in [3.8, 4) is 0 Å². The molecule has 0 saturated carbocycles. The predicted molar refractivity (Wildman–Crippen MR) is 41.9 cm³/mol. The standard InChI is InChI=1S/C8H18O2/c1-4-6-7-8(3,5-2)10-9/h9H,4-7H2,1-3H3. The third kappa shape index (κ3) is 3.18. The molecule has 0 aliphatic carbocycles. The highest BCUT2D eigenvalue weighted by Gasteiger charge is 2.21. The lowest BCUT2D eigenvalue weighted by Gasteiger charge is -2.23. The SMILES string of the molecule is CCCCC(C)(CC)OO. The average Bonchev–Trinajstić information content (AvgIpc) is 2.00. The van der Waals surface area contributed by atoms with Gasteiger partial charge in [0.25, 0.3) is 0 Å². The van der Waals surface area contributed by atoms with Gasteiger partial charge < -0.3 is 0 Å². The van der Waals surface area contributed by atoms with E-state index >= 15 is 0 Å². The number of hydrogen-bond acceptors (Lipinski definition) is 2. The van der Waals surface area contributed by atoms with Crippen molar-refractivity contribution in [3.63, 3.8) is 0 Å². The zero-order chi connectivity index (χ0) is 8.04. The van der Waals surface area contributed by atoms with E-state index in [0.29, 0.717) is 0 Å². The van der Waals surface area contributed by atoms with E-state index in [0.717, 1.165) is 25.7 Å². The average molecular weight is 146 g/mol. The van der Waals surface area contributed by atoms with Gasteiger partial charge in [-0.25, -0.2) is 4.89 Å². The lowest BCUT2D eigenvalue weighted by atomic mass is 9.96. The molecule has 1 unspecified atom stereocenters. The van der Waals surface area contributed by atoms with Gasteiger partial charge in [0.05, 0.1) is 0 Å². The summed E-state index contributed by atoms with van der Waals surface area (Å²) in [6.45, 7) is 6.09. The van der Waals surface area contributed by atoms with E-state index < -0.39 is 0 Å². The van der Waals surface area contributed by atoms with Crippen LogP contribution in [0.15, 0.2) is 0 Å². The second-order valence-electron chi connectivity index (χ2n) is 3.00. The first-order chi connectivity index (χ1) is 4.68. The summed E-state index contributed by atoms with van der Waals surface area (Å²) in [5.41, 5.74) is -0.310. The molecule has 0 saturated heterocycles. The Hall–Kier alpha value is -0.0800. The molecular formula is C8H18O2. The fraction of sp³-hybridized carbons (Fsp3) is 1.00. The molecule has 0 aromatic heterocycles. The van der Waals surface area contributed by atoms with Crippen molar-refractivity contribution in [3.05, 3.63) is 0 Å². The van der Waals surface area contributed by atoms with E-state index in [1.165, 1.54) is 0 Å². The molecule has 1 N–H and O–H groups in total. The van der Waals surface area contributed by atoms with Crippen LogP contribution in [0, 0.1) is 0 Å². The van der Waals surface area contributed by atoms with Crippen LogP contribution in [-0.2, 0) is 4.89 Å². The number of rotatable bonds is 5. The Morgan fingerprint density at radius 2 is 2.00 bits per heavy atom. The topological polar surface area (TPSA) is 29.5 Å². The first-order valence-corrected chi connectivity index (χ1v) is 4.01. The minimum atomic E-state index is -0.310. The molecule has 0 aliphatic heterocycles. The van der Waals surface area contributed by atoms with Gasteiger partial charge in [0.15, 0.2) is 0 Å². The quantitative estimate of drug-likeness (QED) is 0.477. The molecule has 2 nitrogen and oxygen atoms in total. The van der Waals surface area contributed by atoms with E-state index in [1.807, 2.05) is 13.8 Å². The molecule has 0 aromatic rings. The van der Waals surface area contributed by atoms with E-state index in [9.17, 15) is 0 Å². The minimum absolute atomic E-state index is 0.310. The van der Waals surface area contributed by atoms with Crippen LogP contribution in [0.2, 0.25) is 0 Å². The van der Waals surface area contributed by atoms with Gasteiger partial charge in [-0.05, 0) is 19.8 Å². The summed E-state index contributed by atoms with van der Waals surface area (Å²) in [6.07, 6.45) is 4.07. The van der Waals surface area contributed by atoms with Gasteiger partial charge in [0.1, 0.15) is 5.60 Å². The molecule has 0 rings (SSSR count). The predicted octanol–water partition coefficient (Wildman–Crippen LogP) is 2.83. The smallest absolute Gasteiger partial charge is 0.100 e. The molecule has 2 heteroatoms. The van der Waals surface area contributed by atoms with E-state index in [4.69, 9.17) is 5.26 Å². The molecule has 0 radical (unpaired) electrons. The molecule has 0 aromatic carbocycles. The second kappa shape index (κ2) is 4.69. The first kappa shape index (κ1) is 9.92. The molecular weight excluding hydrogens is 128 g/mol. The molecule has 62 valence electrons. The Morgan fingerprint density at radius 1 is 1.40 bits per heavy atom. The van der Waals surface area contributed by atoms with Crippen LogP contribution in [0.1, 0.15) is 46.5 Å². The Balaban J connectivity index is 3.58. The zero-order valence-corrected chi connectivity index (χ0v) is 7.18. The summed E-state index contributed by atoms with van der Waals surface area (Å²) in [7, 11) is 0. The van der Waals surface area contributed by atoms with Gasteiger partial charge in [-0.2, -0.15) is 0 Å². The molecule has 1 atom stereocenters. The van der Waals surface area contributed by atoms with Crippen LogP contribution in [0.25, 0.3) is 0 Å². The van der Waals surface area contributed by atoms with Crippen molar-refractivity contribution in [2.45, 2.75) is 52.1 Å². The number of hydrogen-bond donors (Lipinski definition) is 1. The fourth-order valence-electron chi connectivity index (χ4n) is 0.838. The Kier molecular flexibility index (Phi) is 4.65. The zero-order valence-electron chi connectivity index (χ0n) is 7.18. The van der Waals surface area contributed by atoms with Crippen LogP contribution >= 0.6 is 0 Å². The summed E-state index contributed by atoms with van der Waals surface area (Å²) in [4.78, 5) is 4.39. The van der Waals surface area contributed by atoms with E-state index in [2.05, 4.69) is 11.8 Å². The van der Waals surface area contributed by atoms with Gasteiger partial charge in [-0.3, -0.25) is 5.26 Å². The monoisotopic (exact) mass is 146 g/mol. The highest BCUT2D eigenvalue weighted by molar-refractivity contribution is 4.70. The third-order valence-corrected chi connectivity index (χ3v) is 2.03. The van der Waals surface area contributed by atoms with Crippen LogP contribution in [-0.4, -0.2) is 10.9 Å². The maximum atomic E-state index is 8.51. The third-order valence-electron chi connectivity index (χ3n) is 2.03. The molecule has 0 heterocycles. The van der Waals surface area contributed by atoms with Gasteiger partial charge in [0.2, 0.25) is 0 Å². The summed E-state index contributed by atoms with van der Waals surface area (Å²) >= 11 is 0. The largest absolute Gasteiger partial charge is 0.251 e. The molecule has 0 spiro atoms. The molecule has 0 amide bonds. The lowest BCUT2D eigenvalue weighted by molar-refractivity contribution is -0.320. The molecule has 10 heavy (non-hydrogen) atoms. The first-order valence-electron chi connectivity index (χ1n) is 4.01.